The maximum atomic E-state index is 12.3. The molecular formula is C14H15NO4S. The lowest BCUT2D eigenvalue weighted by Crippen LogP contribution is -2.37. The van der Waals surface area contributed by atoms with Crippen LogP contribution < -0.4 is 0 Å². The van der Waals surface area contributed by atoms with Crippen LogP contribution >= 0.6 is 0 Å². The molecule has 1 aromatic carbocycles. The number of benzene rings is 1. The number of amides is 1. The average Bonchev–Trinajstić information content (AvgIpc) is 3.02. The minimum Gasteiger partial charge on any atom is -0.297 e. The fourth-order valence-electron chi connectivity index (χ4n) is 2.91. The minimum atomic E-state index is -3.86. The summed E-state index contributed by atoms with van der Waals surface area (Å²) >= 11 is 0. The lowest BCUT2D eigenvalue weighted by Gasteiger charge is -2.16. The molecule has 1 saturated carbocycles. The van der Waals surface area contributed by atoms with E-state index in [9.17, 15) is 18.0 Å². The maximum absolute atomic E-state index is 12.3. The highest BCUT2D eigenvalue weighted by Crippen LogP contribution is 2.31. The summed E-state index contributed by atoms with van der Waals surface area (Å²) in [5.41, 5.74) is 0.159. The Morgan fingerprint density at radius 1 is 1.20 bits per heavy atom. The zero-order valence-corrected chi connectivity index (χ0v) is 11.7. The van der Waals surface area contributed by atoms with E-state index in [0.29, 0.717) is 0 Å². The van der Waals surface area contributed by atoms with Gasteiger partial charge in [-0.1, -0.05) is 25.0 Å². The molecule has 0 radical (unpaired) electrons. The normalized spacial score (nSPS) is 21.2. The Bertz CT molecular complexity index is 674. The Balaban J connectivity index is 1.88. The van der Waals surface area contributed by atoms with Crippen LogP contribution in [0.2, 0.25) is 0 Å². The second-order valence-electron chi connectivity index (χ2n) is 5.26. The lowest BCUT2D eigenvalue weighted by atomic mass is 10.0. The van der Waals surface area contributed by atoms with E-state index >= 15 is 0 Å². The van der Waals surface area contributed by atoms with Gasteiger partial charge in [-0.2, -0.15) is 0 Å². The van der Waals surface area contributed by atoms with Crippen molar-refractivity contribution in [2.45, 2.75) is 30.6 Å². The van der Waals surface area contributed by atoms with Gasteiger partial charge in [0.05, 0.1) is 12.1 Å². The third kappa shape index (κ3) is 1.95. The van der Waals surface area contributed by atoms with Gasteiger partial charge in [-0.15, -0.1) is 0 Å². The van der Waals surface area contributed by atoms with Gasteiger partial charge in [0.25, 0.3) is 15.9 Å². The maximum Gasteiger partial charge on any atom is 0.269 e. The summed E-state index contributed by atoms with van der Waals surface area (Å²) in [5.74, 6) is -0.833. The van der Waals surface area contributed by atoms with Crippen LogP contribution in [0, 0.1) is 5.92 Å². The third-order valence-corrected chi connectivity index (χ3v) is 5.81. The third-order valence-electron chi connectivity index (χ3n) is 4.02. The summed E-state index contributed by atoms with van der Waals surface area (Å²) in [5, 5.41) is 0. The summed E-state index contributed by atoms with van der Waals surface area (Å²) < 4.78 is 25.3. The molecule has 5 nitrogen and oxygen atoms in total. The Hall–Kier alpha value is -1.69. The van der Waals surface area contributed by atoms with Crippen LogP contribution in [0.3, 0.4) is 0 Å². The van der Waals surface area contributed by atoms with Crippen LogP contribution in [0.4, 0.5) is 0 Å². The number of fused-ring (bicyclic) bond motifs is 1. The highest BCUT2D eigenvalue weighted by molar-refractivity contribution is 7.90. The van der Waals surface area contributed by atoms with Crippen LogP contribution in [-0.4, -0.2) is 31.0 Å². The molecule has 2 aliphatic rings. The SMILES string of the molecule is O=C(CN1C(=O)c2ccccc2S1(=O)=O)C1CCCC1. The standard InChI is InChI=1S/C14H15NO4S/c16-12(10-5-1-2-6-10)9-15-14(17)11-7-3-4-8-13(11)20(15,18)19/h3-4,7-8,10H,1-2,5-6,9H2. The van der Waals surface area contributed by atoms with Crippen molar-refractivity contribution >= 4 is 21.7 Å². The second kappa shape index (κ2) is 4.70. The summed E-state index contributed by atoms with van der Waals surface area (Å²) in [6.45, 7) is -0.333. The molecule has 0 N–H and O–H groups in total. The van der Waals surface area contributed by atoms with Crippen LogP contribution in [0.1, 0.15) is 36.0 Å². The van der Waals surface area contributed by atoms with Crippen molar-refractivity contribution in [3.63, 3.8) is 0 Å². The molecule has 0 aromatic heterocycles. The number of nitrogens with zero attached hydrogens (tertiary/aromatic N) is 1. The van der Waals surface area contributed by atoms with E-state index in [4.69, 9.17) is 0 Å². The number of ketones is 1. The second-order valence-corrected chi connectivity index (χ2v) is 7.09. The first kappa shape index (κ1) is 13.3. The van der Waals surface area contributed by atoms with Crippen molar-refractivity contribution in [2.24, 2.45) is 5.92 Å². The molecule has 0 unspecified atom stereocenters. The van der Waals surface area contributed by atoms with Gasteiger partial charge in [0, 0.05) is 5.92 Å². The van der Waals surface area contributed by atoms with Gasteiger partial charge in [-0.3, -0.25) is 9.59 Å². The number of hydrogen-bond acceptors (Lipinski definition) is 4. The molecule has 1 amide bonds. The quantitative estimate of drug-likeness (QED) is 0.848. The van der Waals surface area contributed by atoms with Crippen molar-refractivity contribution in [1.29, 1.82) is 0 Å². The topological polar surface area (TPSA) is 71.5 Å². The molecule has 0 spiro atoms. The van der Waals surface area contributed by atoms with Crippen molar-refractivity contribution in [3.05, 3.63) is 29.8 Å². The van der Waals surface area contributed by atoms with E-state index in [1.54, 1.807) is 12.1 Å². The number of carbonyl (C=O) groups excluding carboxylic acids is 2. The molecule has 106 valence electrons. The number of Topliss-reactive ketones (excluding diaryl/α,β-unsaturated/α-hetero) is 1. The molecule has 1 fully saturated rings. The van der Waals surface area contributed by atoms with Gasteiger partial charge in [0.15, 0.2) is 5.78 Å². The summed E-state index contributed by atoms with van der Waals surface area (Å²) in [6, 6.07) is 6.08. The zero-order valence-electron chi connectivity index (χ0n) is 10.9. The van der Waals surface area contributed by atoms with Gasteiger partial charge in [0.1, 0.15) is 4.90 Å². The monoisotopic (exact) mass is 293 g/mol. The fourth-order valence-corrected chi connectivity index (χ4v) is 4.44. The van der Waals surface area contributed by atoms with E-state index in [1.165, 1.54) is 12.1 Å². The molecule has 20 heavy (non-hydrogen) atoms. The summed E-state index contributed by atoms with van der Waals surface area (Å²) in [4.78, 5) is 24.3. The Morgan fingerprint density at radius 3 is 2.50 bits per heavy atom. The molecule has 3 rings (SSSR count). The highest BCUT2D eigenvalue weighted by atomic mass is 32.2. The van der Waals surface area contributed by atoms with E-state index in [2.05, 4.69) is 0 Å². The zero-order chi connectivity index (χ0) is 14.3. The van der Waals surface area contributed by atoms with Crippen molar-refractivity contribution in [2.75, 3.05) is 6.54 Å². The highest BCUT2D eigenvalue weighted by Gasteiger charge is 2.42. The molecule has 1 heterocycles. The predicted molar refractivity (Wildman–Crippen MR) is 71.6 cm³/mol. The molecule has 1 aliphatic heterocycles. The van der Waals surface area contributed by atoms with Crippen LogP contribution in [0.25, 0.3) is 0 Å². The van der Waals surface area contributed by atoms with Crippen molar-refractivity contribution in [3.8, 4) is 0 Å². The van der Waals surface area contributed by atoms with E-state index in [-0.39, 0.29) is 28.7 Å². The van der Waals surface area contributed by atoms with Gasteiger partial charge >= 0.3 is 0 Å². The summed E-state index contributed by atoms with van der Waals surface area (Å²) in [6.07, 6.45) is 3.59. The van der Waals surface area contributed by atoms with Gasteiger partial charge in [0.2, 0.25) is 0 Å². The minimum absolute atomic E-state index is 0.00391. The molecule has 0 bridgehead atoms. The molecule has 6 heteroatoms. The number of carbonyl (C=O) groups is 2. The van der Waals surface area contributed by atoms with Crippen LogP contribution in [0.15, 0.2) is 29.2 Å². The largest absolute Gasteiger partial charge is 0.297 e. The number of hydrogen-bond donors (Lipinski definition) is 0. The lowest BCUT2D eigenvalue weighted by molar-refractivity contribution is -0.122. The first-order valence-electron chi connectivity index (χ1n) is 6.70. The van der Waals surface area contributed by atoms with Gasteiger partial charge < -0.3 is 0 Å². The van der Waals surface area contributed by atoms with Gasteiger partial charge in [-0.25, -0.2) is 12.7 Å². The molecule has 0 saturated heterocycles. The molecule has 0 atom stereocenters. The summed E-state index contributed by atoms with van der Waals surface area (Å²) in [7, 11) is -3.86. The van der Waals surface area contributed by atoms with Crippen LogP contribution in [0.5, 0.6) is 0 Å². The average molecular weight is 293 g/mol. The molecule has 1 aromatic rings. The van der Waals surface area contributed by atoms with Crippen molar-refractivity contribution in [1.82, 2.24) is 4.31 Å². The molecular weight excluding hydrogens is 278 g/mol. The van der Waals surface area contributed by atoms with E-state index in [1.807, 2.05) is 0 Å². The van der Waals surface area contributed by atoms with Gasteiger partial charge in [-0.05, 0) is 25.0 Å². The van der Waals surface area contributed by atoms with Crippen LogP contribution in [-0.2, 0) is 14.8 Å². The van der Waals surface area contributed by atoms with E-state index in [0.717, 1.165) is 30.0 Å². The fraction of sp³-hybridized carbons (Fsp3) is 0.429. The Labute approximate surface area is 117 Å². The molecule has 1 aliphatic carbocycles. The predicted octanol–water partition coefficient (Wildman–Crippen LogP) is 1.59. The first-order valence-corrected chi connectivity index (χ1v) is 8.14. The number of rotatable bonds is 3. The Kier molecular flexibility index (Phi) is 3.12. The van der Waals surface area contributed by atoms with Crippen molar-refractivity contribution < 1.29 is 18.0 Å². The first-order chi connectivity index (χ1) is 9.51. The Morgan fingerprint density at radius 2 is 1.85 bits per heavy atom. The van der Waals surface area contributed by atoms with E-state index < -0.39 is 15.9 Å². The smallest absolute Gasteiger partial charge is 0.269 e. The number of sulfonamides is 1.